The number of ether oxygens (including phenoxy) is 1. The molecular weight excluding hydrogens is 280 g/mol. The zero-order valence-electron chi connectivity index (χ0n) is 11.2. The lowest BCUT2D eigenvalue weighted by atomic mass is 9.96. The highest BCUT2D eigenvalue weighted by Gasteiger charge is 2.53. The van der Waals surface area contributed by atoms with E-state index in [9.17, 15) is 20.1 Å². The molecule has 1 aliphatic heterocycles. The van der Waals surface area contributed by atoms with Crippen molar-refractivity contribution in [2.45, 2.75) is 31.0 Å². The van der Waals surface area contributed by atoms with Crippen LogP contribution in [0.5, 0.6) is 0 Å². The fraction of sp³-hybridized carbons (Fsp3) is 0.500. The summed E-state index contributed by atoms with van der Waals surface area (Å²) in [5.74, 6) is -0.0654. The van der Waals surface area contributed by atoms with Gasteiger partial charge >= 0.3 is 0 Å². The molecule has 1 fully saturated rings. The Kier molecular flexibility index (Phi) is 3.02. The van der Waals surface area contributed by atoms with Crippen molar-refractivity contribution in [3.05, 3.63) is 22.6 Å². The van der Waals surface area contributed by atoms with Gasteiger partial charge in [-0.2, -0.15) is 4.98 Å². The molecule has 2 aromatic rings. The highest BCUT2D eigenvalue weighted by atomic mass is 16.6. The van der Waals surface area contributed by atoms with Gasteiger partial charge in [0.25, 0.3) is 5.56 Å². The van der Waals surface area contributed by atoms with Gasteiger partial charge in [-0.1, -0.05) is 0 Å². The molecule has 1 aliphatic rings. The molecule has 0 radical (unpaired) electrons. The van der Waals surface area contributed by atoms with Gasteiger partial charge in [-0.25, -0.2) is 0 Å². The third kappa shape index (κ3) is 1.94. The second-order valence-electron chi connectivity index (χ2n) is 5.29. The summed E-state index contributed by atoms with van der Waals surface area (Å²) >= 11 is 0. The van der Waals surface area contributed by atoms with Crippen molar-refractivity contribution in [1.29, 1.82) is 0 Å². The van der Waals surface area contributed by atoms with Crippen LogP contribution < -0.4 is 11.3 Å². The first kappa shape index (κ1) is 14.0. The Hall–Kier alpha value is -1.94. The predicted molar refractivity (Wildman–Crippen MR) is 72.4 cm³/mol. The largest absolute Gasteiger partial charge is 0.394 e. The van der Waals surface area contributed by atoms with Crippen LogP contribution in [-0.2, 0) is 4.74 Å². The maximum absolute atomic E-state index is 11.8. The van der Waals surface area contributed by atoms with Crippen LogP contribution in [0.2, 0.25) is 0 Å². The second-order valence-corrected chi connectivity index (χ2v) is 5.29. The van der Waals surface area contributed by atoms with E-state index in [4.69, 9.17) is 10.5 Å². The molecule has 0 saturated carbocycles. The second kappa shape index (κ2) is 4.53. The summed E-state index contributed by atoms with van der Waals surface area (Å²) in [6.45, 7) is 0.948. The van der Waals surface area contributed by atoms with Gasteiger partial charge in [0.15, 0.2) is 11.9 Å². The van der Waals surface area contributed by atoms with Gasteiger partial charge in [-0.3, -0.25) is 9.78 Å². The van der Waals surface area contributed by atoms with Gasteiger partial charge in [0, 0.05) is 6.20 Å². The topological polar surface area (TPSA) is 147 Å². The number of nitrogen functional groups attached to an aromatic ring is 1. The molecule has 0 bridgehead atoms. The van der Waals surface area contributed by atoms with Crippen molar-refractivity contribution in [2.75, 3.05) is 12.3 Å². The summed E-state index contributed by atoms with van der Waals surface area (Å²) in [4.78, 5) is 18.2. The van der Waals surface area contributed by atoms with Gasteiger partial charge in [0.2, 0.25) is 5.95 Å². The minimum Gasteiger partial charge on any atom is -0.394 e. The molecule has 9 nitrogen and oxygen atoms in total. The van der Waals surface area contributed by atoms with E-state index in [1.165, 1.54) is 23.8 Å². The molecule has 6 N–H and O–H groups in total. The van der Waals surface area contributed by atoms with Crippen LogP contribution in [0.25, 0.3) is 11.0 Å². The number of aliphatic hydroxyl groups excluding tert-OH is 2. The van der Waals surface area contributed by atoms with E-state index in [0.29, 0.717) is 0 Å². The van der Waals surface area contributed by atoms with Gasteiger partial charge in [0.05, 0.1) is 12.0 Å². The van der Waals surface area contributed by atoms with Gasteiger partial charge in [-0.15, -0.1) is 0 Å². The average Bonchev–Trinajstić information content (AvgIpc) is 2.91. The van der Waals surface area contributed by atoms with Crippen LogP contribution in [0.1, 0.15) is 13.2 Å². The first-order valence-corrected chi connectivity index (χ1v) is 6.39. The summed E-state index contributed by atoms with van der Waals surface area (Å²) in [7, 11) is 0. The SMILES string of the molecule is CC1(O)C(O)[C@@H](CO)O[C@H]1n1ccc2c(=O)[nH]c(N)nc21. The molecule has 2 unspecified atom stereocenters. The Morgan fingerprint density at radius 1 is 1.62 bits per heavy atom. The molecule has 21 heavy (non-hydrogen) atoms. The number of H-pyrrole nitrogens is 1. The minimum atomic E-state index is -1.65. The monoisotopic (exact) mass is 296 g/mol. The van der Waals surface area contributed by atoms with Crippen LogP contribution in [0.4, 0.5) is 5.95 Å². The van der Waals surface area contributed by atoms with Gasteiger partial charge in [0.1, 0.15) is 17.8 Å². The maximum atomic E-state index is 11.8. The maximum Gasteiger partial charge on any atom is 0.261 e. The number of anilines is 1. The van der Waals surface area contributed by atoms with Gasteiger partial charge in [-0.05, 0) is 13.0 Å². The van der Waals surface area contributed by atoms with Crippen molar-refractivity contribution < 1.29 is 20.1 Å². The Balaban J connectivity index is 2.15. The molecule has 114 valence electrons. The Morgan fingerprint density at radius 2 is 2.33 bits per heavy atom. The van der Waals surface area contributed by atoms with Crippen LogP contribution >= 0.6 is 0 Å². The fourth-order valence-corrected chi connectivity index (χ4v) is 2.64. The van der Waals surface area contributed by atoms with Crippen molar-refractivity contribution in [1.82, 2.24) is 14.5 Å². The zero-order chi connectivity index (χ0) is 15.4. The normalized spacial score (nSPS) is 32.9. The number of rotatable bonds is 2. The molecule has 0 spiro atoms. The molecule has 0 aliphatic carbocycles. The highest BCUT2D eigenvalue weighted by molar-refractivity contribution is 5.76. The van der Waals surface area contributed by atoms with E-state index in [-0.39, 0.29) is 17.0 Å². The third-order valence-electron chi connectivity index (χ3n) is 3.79. The van der Waals surface area contributed by atoms with Crippen LogP contribution in [0.15, 0.2) is 17.1 Å². The number of hydrogen-bond acceptors (Lipinski definition) is 7. The first-order valence-electron chi connectivity index (χ1n) is 6.39. The van der Waals surface area contributed by atoms with E-state index < -0.39 is 36.2 Å². The zero-order valence-corrected chi connectivity index (χ0v) is 11.2. The average molecular weight is 296 g/mol. The van der Waals surface area contributed by atoms with E-state index in [1.807, 2.05) is 0 Å². The standard InChI is InChI=1S/C12H16N4O5/c1-12(20)7(18)6(4-17)21-10(12)16-3-2-5-8(16)14-11(13)15-9(5)19/h2-3,6-7,10,17-18,20H,4H2,1H3,(H3,13,14,15,19)/t6-,7?,10-,12?/m1/s1. The van der Waals surface area contributed by atoms with Crippen LogP contribution in [-0.4, -0.2) is 54.3 Å². The molecule has 0 aromatic carbocycles. The quantitative estimate of drug-likeness (QED) is 0.444. The summed E-state index contributed by atoms with van der Waals surface area (Å²) in [5, 5.41) is 29.9. The van der Waals surface area contributed by atoms with Crippen molar-refractivity contribution >= 4 is 17.0 Å². The molecule has 4 atom stereocenters. The first-order chi connectivity index (χ1) is 9.86. The molecule has 9 heteroatoms. The number of aliphatic hydroxyl groups is 3. The van der Waals surface area contributed by atoms with Crippen molar-refractivity contribution in [3.63, 3.8) is 0 Å². The summed E-state index contributed by atoms with van der Waals surface area (Å²) in [6, 6.07) is 1.51. The van der Waals surface area contributed by atoms with E-state index in [0.717, 1.165) is 0 Å². The lowest BCUT2D eigenvalue weighted by Crippen LogP contribution is -2.44. The Bertz CT molecular complexity index is 737. The van der Waals surface area contributed by atoms with E-state index in [1.54, 1.807) is 0 Å². The Morgan fingerprint density at radius 3 is 2.95 bits per heavy atom. The molecule has 2 aromatic heterocycles. The summed E-state index contributed by atoms with van der Waals surface area (Å²) < 4.78 is 6.91. The number of fused-ring (bicyclic) bond motifs is 1. The van der Waals surface area contributed by atoms with Crippen molar-refractivity contribution in [2.24, 2.45) is 0 Å². The minimum absolute atomic E-state index is 0.0654. The van der Waals surface area contributed by atoms with Gasteiger partial charge < -0.3 is 30.4 Å². The lowest BCUT2D eigenvalue weighted by Gasteiger charge is -2.27. The number of aromatic nitrogens is 3. The molecule has 0 amide bonds. The Labute approximate surface area is 118 Å². The summed E-state index contributed by atoms with van der Waals surface area (Å²) in [6.07, 6.45) is -1.69. The molecule has 3 rings (SSSR count). The number of aromatic amines is 1. The van der Waals surface area contributed by atoms with Crippen LogP contribution in [0, 0.1) is 0 Å². The summed E-state index contributed by atoms with van der Waals surface area (Å²) in [5.41, 5.74) is 3.69. The van der Waals surface area contributed by atoms with Crippen molar-refractivity contribution in [3.8, 4) is 0 Å². The van der Waals surface area contributed by atoms with E-state index >= 15 is 0 Å². The van der Waals surface area contributed by atoms with Crippen LogP contribution in [0.3, 0.4) is 0 Å². The number of nitrogens with two attached hydrogens (primary N) is 1. The molecular formula is C12H16N4O5. The third-order valence-corrected chi connectivity index (χ3v) is 3.79. The fourth-order valence-electron chi connectivity index (χ4n) is 2.64. The number of nitrogens with one attached hydrogen (secondary N) is 1. The molecule has 3 heterocycles. The van der Waals surface area contributed by atoms with E-state index in [2.05, 4.69) is 9.97 Å². The highest BCUT2D eigenvalue weighted by Crippen LogP contribution is 2.39. The lowest BCUT2D eigenvalue weighted by molar-refractivity contribution is -0.0948. The number of hydrogen-bond donors (Lipinski definition) is 5. The molecule has 1 saturated heterocycles. The number of nitrogens with zero attached hydrogens (tertiary/aromatic N) is 2. The predicted octanol–water partition coefficient (Wildman–Crippen LogP) is -1.69. The smallest absolute Gasteiger partial charge is 0.261 e.